The molecule has 2 aromatic carbocycles. The third-order valence-electron chi connectivity index (χ3n) is 8.06. The van der Waals surface area contributed by atoms with Crippen LogP contribution in [0.15, 0.2) is 53.3 Å². The second kappa shape index (κ2) is 8.79. The van der Waals surface area contributed by atoms with Crippen molar-refractivity contribution in [3.63, 3.8) is 0 Å². The first-order valence-corrected chi connectivity index (χ1v) is 12.2. The molecule has 0 spiro atoms. The van der Waals surface area contributed by atoms with E-state index in [-0.39, 0.29) is 35.3 Å². The summed E-state index contributed by atoms with van der Waals surface area (Å²) in [5.74, 6) is -7.76. The molecule has 8 N–H and O–H groups in total. The molecule has 0 aromatic heterocycles. The highest BCUT2D eigenvalue weighted by Gasteiger charge is 2.64. The van der Waals surface area contributed by atoms with E-state index in [0.29, 0.717) is 16.7 Å². The van der Waals surface area contributed by atoms with Gasteiger partial charge in [0, 0.05) is 17.1 Å². The normalized spacial score (nSPS) is 26.3. The topological polar surface area (TPSA) is 204 Å². The van der Waals surface area contributed by atoms with Gasteiger partial charge in [-0.25, -0.2) is 0 Å². The zero-order valence-corrected chi connectivity index (χ0v) is 21.1. The molecule has 39 heavy (non-hydrogen) atoms. The average Bonchev–Trinajstić information content (AvgIpc) is 2.86. The molecule has 0 aliphatic heterocycles. The van der Waals surface area contributed by atoms with Gasteiger partial charge in [-0.05, 0) is 67.7 Å². The SMILES string of the molecule is CN(C)[C@H]1C(=O)C(C(N)=O)=C(O)[C@@]2(O)C(=O)C3=C(O)c4c(O)ccc(-c5cccc(C(N)=O)c5)c4C[C@H]3C[C@@H]12. The van der Waals surface area contributed by atoms with E-state index in [1.54, 1.807) is 30.3 Å². The van der Waals surface area contributed by atoms with E-state index in [0.717, 1.165) is 0 Å². The minimum atomic E-state index is -2.70. The Morgan fingerprint density at radius 3 is 2.33 bits per heavy atom. The van der Waals surface area contributed by atoms with Crippen LogP contribution in [0.5, 0.6) is 5.75 Å². The number of carbonyl (C=O) groups excluding carboxylic acids is 4. The van der Waals surface area contributed by atoms with Crippen LogP contribution in [-0.2, 0) is 20.8 Å². The molecule has 5 rings (SSSR count). The van der Waals surface area contributed by atoms with Crippen LogP contribution in [-0.4, -0.2) is 74.4 Å². The number of aromatic hydroxyl groups is 1. The maximum Gasteiger partial charge on any atom is 0.255 e. The minimum Gasteiger partial charge on any atom is -0.508 e. The molecule has 3 aliphatic carbocycles. The number of Topliss-reactive ketones (excluding diaryl/α,β-unsaturated/α-hetero) is 2. The van der Waals surface area contributed by atoms with Crippen LogP contribution in [0.3, 0.4) is 0 Å². The number of hydrogen-bond donors (Lipinski definition) is 6. The summed E-state index contributed by atoms with van der Waals surface area (Å²) < 4.78 is 0. The number of aliphatic hydroxyl groups excluding tert-OH is 2. The predicted octanol–water partition coefficient (Wildman–Crippen LogP) is 0.730. The number of rotatable bonds is 4. The van der Waals surface area contributed by atoms with Crippen LogP contribution < -0.4 is 11.5 Å². The third-order valence-corrected chi connectivity index (χ3v) is 8.06. The average molecular weight is 534 g/mol. The number of amides is 2. The lowest BCUT2D eigenvalue weighted by molar-refractivity contribution is -0.153. The second-order valence-corrected chi connectivity index (χ2v) is 10.4. The predicted molar refractivity (Wildman–Crippen MR) is 138 cm³/mol. The first kappa shape index (κ1) is 26.1. The Morgan fingerprint density at radius 1 is 1.03 bits per heavy atom. The largest absolute Gasteiger partial charge is 0.508 e. The number of primary amides is 2. The van der Waals surface area contributed by atoms with Crippen LogP contribution in [0.2, 0.25) is 0 Å². The number of likely N-dealkylation sites (N-methyl/N-ethyl adjacent to an activating group) is 1. The van der Waals surface area contributed by atoms with Gasteiger partial charge in [-0.3, -0.25) is 24.1 Å². The molecular weight excluding hydrogens is 506 g/mol. The Labute approximate surface area is 222 Å². The highest BCUT2D eigenvalue weighted by molar-refractivity contribution is 6.24. The van der Waals surface area contributed by atoms with Gasteiger partial charge in [-0.1, -0.05) is 18.2 Å². The van der Waals surface area contributed by atoms with Gasteiger partial charge in [0.15, 0.2) is 11.4 Å². The minimum absolute atomic E-state index is 0.0256. The van der Waals surface area contributed by atoms with Crippen molar-refractivity contribution in [3.05, 3.63) is 70.0 Å². The van der Waals surface area contributed by atoms with Gasteiger partial charge in [0.25, 0.3) is 5.91 Å². The number of nitrogens with zero attached hydrogens (tertiary/aromatic N) is 1. The van der Waals surface area contributed by atoms with Gasteiger partial charge in [-0.15, -0.1) is 0 Å². The Hall–Kier alpha value is -4.48. The fourth-order valence-electron chi connectivity index (χ4n) is 6.35. The van der Waals surface area contributed by atoms with Crippen molar-refractivity contribution in [2.24, 2.45) is 23.3 Å². The molecule has 1 fully saturated rings. The molecular formula is C28H27N3O8. The Balaban J connectivity index is 1.73. The quantitative estimate of drug-likeness (QED) is 0.306. The van der Waals surface area contributed by atoms with Crippen molar-refractivity contribution in [1.82, 2.24) is 4.90 Å². The highest BCUT2D eigenvalue weighted by Crippen LogP contribution is 2.53. The van der Waals surface area contributed by atoms with Crippen LogP contribution in [0.25, 0.3) is 16.9 Å². The lowest BCUT2D eigenvalue weighted by Gasteiger charge is -2.50. The van der Waals surface area contributed by atoms with Gasteiger partial charge < -0.3 is 31.9 Å². The monoisotopic (exact) mass is 533 g/mol. The summed E-state index contributed by atoms with van der Waals surface area (Å²) in [5.41, 5.74) is 8.85. The summed E-state index contributed by atoms with van der Waals surface area (Å²) in [6.07, 6.45) is 0.0985. The Bertz CT molecular complexity index is 1560. The number of hydrogen-bond acceptors (Lipinski definition) is 9. The zero-order valence-electron chi connectivity index (χ0n) is 21.1. The molecule has 1 saturated carbocycles. The van der Waals surface area contributed by atoms with Crippen molar-refractivity contribution in [2.45, 2.75) is 24.5 Å². The Morgan fingerprint density at radius 2 is 1.72 bits per heavy atom. The van der Waals surface area contributed by atoms with E-state index in [4.69, 9.17) is 11.5 Å². The molecule has 0 radical (unpaired) electrons. The zero-order chi connectivity index (χ0) is 28.5. The molecule has 3 aliphatic rings. The number of aliphatic hydroxyl groups is 3. The van der Waals surface area contributed by atoms with Crippen molar-refractivity contribution < 1.29 is 39.6 Å². The fourth-order valence-corrected chi connectivity index (χ4v) is 6.35. The summed E-state index contributed by atoms with van der Waals surface area (Å²) >= 11 is 0. The van der Waals surface area contributed by atoms with E-state index < -0.39 is 64.0 Å². The first-order valence-electron chi connectivity index (χ1n) is 12.2. The summed E-state index contributed by atoms with van der Waals surface area (Å²) in [6, 6.07) is 8.28. The van der Waals surface area contributed by atoms with E-state index >= 15 is 0 Å². The van der Waals surface area contributed by atoms with Gasteiger partial charge >= 0.3 is 0 Å². The van der Waals surface area contributed by atoms with Gasteiger partial charge in [0.2, 0.25) is 11.7 Å². The summed E-state index contributed by atoms with van der Waals surface area (Å²) in [6.45, 7) is 0. The lowest BCUT2D eigenvalue weighted by Crippen LogP contribution is -2.65. The van der Waals surface area contributed by atoms with Crippen molar-refractivity contribution >= 4 is 29.1 Å². The van der Waals surface area contributed by atoms with E-state index in [9.17, 15) is 39.6 Å². The summed E-state index contributed by atoms with van der Waals surface area (Å²) in [4.78, 5) is 52.4. The van der Waals surface area contributed by atoms with Crippen LogP contribution >= 0.6 is 0 Å². The Kier molecular flexibility index (Phi) is 5.89. The molecule has 0 heterocycles. The standard InChI is InChI=1S/C28H27N3O8/c1-31(2)21-16-10-13-9-15-14(11-4-3-5-12(8-11)26(29)37)6-7-17(32)19(15)22(33)18(13)24(35)28(16,39)25(36)20(23(21)34)27(30)38/h3-8,13,16,21,32-33,36,39H,9-10H2,1-2H3,(H2,29,37)(H2,30,38)/t13-,16-,21+,28-/m0/s1. The number of ketones is 2. The highest BCUT2D eigenvalue weighted by atomic mass is 16.3. The number of fused-ring (bicyclic) bond motifs is 3. The molecule has 0 unspecified atom stereocenters. The fraction of sp³-hybridized carbons (Fsp3) is 0.286. The first-order chi connectivity index (χ1) is 18.3. The van der Waals surface area contributed by atoms with Gasteiger partial charge in [0.05, 0.1) is 11.6 Å². The van der Waals surface area contributed by atoms with E-state index in [2.05, 4.69) is 0 Å². The van der Waals surface area contributed by atoms with Crippen molar-refractivity contribution in [1.29, 1.82) is 0 Å². The molecule has 2 amide bonds. The smallest absolute Gasteiger partial charge is 0.255 e. The second-order valence-electron chi connectivity index (χ2n) is 10.4. The van der Waals surface area contributed by atoms with Gasteiger partial charge in [-0.2, -0.15) is 0 Å². The molecule has 2 aromatic rings. The number of carbonyl (C=O) groups is 4. The van der Waals surface area contributed by atoms with Crippen molar-refractivity contribution in [2.75, 3.05) is 14.1 Å². The molecule has 0 bridgehead atoms. The van der Waals surface area contributed by atoms with Crippen LogP contribution in [0.4, 0.5) is 0 Å². The third kappa shape index (κ3) is 3.57. The molecule has 11 heteroatoms. The van der Waals surface area contributed by atoms with Crippen molar-refractivity contribution in [3.8, 4) is 16.9 Å². The molecule has 4 atom stereocenters. The number of phenols is 1. The van der Waals surface area contributed by atoms with Gasteiger partial charge in [0.1, 0.15) is 22.8 Å². The van der Waals surface area contributed by atoms with Crippen LogP contribution in [0.1, 0.15) is 27.9 Å². The maximum absolute atomic E-state index is 13.9. The maximum atomic E-state index is 13.9. The summed E-state index contributed by atoms with van der Waals surface area (Å²) in [5, 5.41) is 44.7. The van der Waals surface area contributed by atoms with E-state index in [1.807, 2.05) is 0 Å². The number of phenolic OH excluding ortho intramolecular Hbond substituents is 1. The molecule has 11 nitrogen and oxygen atoms in total. The van der Waals surface area contributed by atoms with Crippen LogP contribution in [0, 0.1) is 11.8 Å². The number of nitrogens with two attached hydrogens (primary N) is 2. The number of benzene rings is 2. The summed E-state index contributed by atoms with van der Waals surface area (Å²) in [7, 11) is 3.07. The van der Waals surface area contributed by atoms with E-state index in [1.165, 1.54) is 25.1 Å². The lowest BCUT2D eigenvalue weighted by atomic mass is 9.57. The molecule has 0 saturated heterocycles. The molecule has 202 valence electrons.